The summed E-state index contributed by atoms with van der Waals surface area (Å²) in [5.74, 6) is -0.278. The van der Waals surface area contributed by atoms with Gasteiger partial charge in [0.05, 0.1) is 18.7 Å². The van der Waals surface area contributed by atoms with E-state index in [1.54, 1.807) is 90.8 Å². The highest BCUT2D eigenvalue weighted by Crippen LogP contribution is 2.32. The zero-order valence-electron chi connectivity index (χ0n) is 27.6. The van der Waals surface area contributed by atoms with Crippen LogP contribution in [0.25, 0.3) is 22.6 Å². The van der Waals surface area contributed by atoms with Crippen LogP contribution >= 0.6 is 12.2 Å². The Labute approximate surface area is 297 Å². The quantitative estimate of drug-likeness (QED) is 0.0873. The molecule has 2 aromatic heterocycles. The van der Waals surface area contributed by atoms with E-state index in [1.807, 2.05) is 31.2 Å². The minimum Gasteiger partial charge on any atom is -0.858 e. The van der Waals surface area contributed by atoms with Crippen molar-refractivity contribution in [3.8, 4) is 17.2 Å². The number of nitrogens with one attached hydrogen (secondary N) is 1. The molecule has 1 aliphatic rings. The summed E-state index contributed by atoms with van der Waals surface area (Å²) in [4.78, 5) is 39.3. The van der Waals surface area contributed by atoms with Crippen molar-refractivity contribution >= 4 is 63.4 Å². The normalized spacial score (nSPS) is 14.8. The zero-order valence-corrected chi connectivity index (χ0v) is 28.4. The number of fused-ring (bicyclic) bond motifs is 1. The van der Waals surface area contributed by atoms with Crippen molar-refractivity contribution in [1.29, 1.82) is 0 Å². The third-order valence-electron chi connectivity index (χ3n) is 8.24. The fourth-order valence-electron chi connectivity index (χ4n) is 5.68. The first-order valence-corrected chi connectivity index (χ1v) is 16.5. The third-order valence-corrected chi connectivity index (χ3v) is 8.66. The molecule has 0 spiro atoms. The minimum atomic E-state index is -1.00. The lowest BCUT2D eigenvalue weighted by molar-refractivity contribution is -0.746. The second-order valence-corrected chi connectivity index (χ2v) is 11.9. The largest absolute Gasteiger partial charge is 0.858 e. The van der Waals surface area contributed by atoms with Crippen LogP contribution in [0.4, 0.5) is 17.3 Å². The molecule has 1 fully saturated rings. The van der Waals surface area contributed by atoms with Gasteiger partial charge < -0.3 is 24.5 Å². The first kappa shape index (κ1) is 33.1. The standard InChI is InChI=1S/C37H31N7O6S/c1-3-48-27-19-17-26(18-20-27)44-36(47)29(21-32(45)38-25-15-13-24(14-16-25)34-39-28-11-7-8-12-31(28)49-34)43(37(44)51)22-30-35(50-41-42(30)2)40-33(46)23-9-5-4-6-10-23/h4-20,29H,3,21-22H2,1-2H3,(H-,38,39,40,41,45,46). The number of oxazole rings is 1. The number of aromatic nitrogens is 3. The summed E-state index contributed by atoms with van der Waals surface area (Å²) >= 11 is 5.87. The highest BCUT2D eigenvalue weighted by Gasteiger charge is 2.46. The van der Waals surface area contributed by atoms with Crippen LogP contribution in [0.15, 0.2) is 117 Å². The van der Waals surface area contributed by atoms with Crippen LogP contribution in [0.5, 0.6) is 5.75 Å². The number of aryl methyl sites for hydroxylation is 1. The molecule has 4 aromatic carbocycles. The number of para-hydroxylation sites is 2. The van der Waals surface area contributed by atoms with Gasteiger partial charge >= 0.3 is 5.88 Å². The van der Waals surface area contributed by atoms with Crippen molar-refractivity contribution in [3.63, 3.8) is 0 Å². The summed E-state index contributed by atoms with van der Waals surface area (Å²) < 4.78 is 18.3. The maximum atomic E-state index is 14.1. The molecule has 14 heteroatoms. The summed E-state index contributed by atoms with van der Waals surface area (Å²) in [5, 5.41) is 19.9. The van der Waals surface area contributed by atoms with Gasteiger partial charge in [0.2, 0.25) is 17.1 Å². The number of carbonyl (C=O) groups is 2. The Hall–Kier alpha value is -6.41. The van der Waals surface area contributed by atoms with Crippen molar-refractivity contribution in [1.82, 2.24) is 15.2 Å². The van der Waals surface area contributed by atoms with Crippen LogP contribution in [-0.4, -0.2) is 50.6 Å². The second kappa shape index (κ2) is 14.2. The summed E-state index contributed by atoms with van der Waals surface area (Å²) in [5.41, 5.74) is 3.94. The molecule has 0 bridgehead atoms. The van der Waals surface area contributed by atoms with Gasteiger partial charge in [-0.1, -0.05) is 42.5 Å². The van der Waals surface area contributed by atoms with Crippen LogP contribution in [0, 0.1) is 0 Å². The van der Waals surface area contributed by atoms with Crippen molar-refractivity contribution in [2.75, 3.05) is 16.8 Å². The molecule has 1 aliphatic heterocycles. The fraction of sp³-hybridized carbons (Fsp3) is 0.162. The van der Waals surface area contributed by atoms with Gasteiger partial charge in [0.1, 0.15) is 23.9 Å². The van der Waals surface area contributed by atoms with Gasteiger partial charge in [0.15, 0.2) is 17.7 Å². The molecule has 3 heterocycles. The second-order valence-electron chi connectivity index (χ2n) is 11.6. The highest BCUT2D eigenvalue weighted by atomic mass is 32.1. The summed E-state index contributed by atoms with van der Waals surface area (Å²) in [6.07, 6.45) is -0.232. The maximum absolute atomic E-state index is 14.1. The Bertz CT molecular complexity index is 2220. The smallest absolute Gasteiger partial charge is 0.325 e. The van der Waals surface area contributed by atoms with Crippen molar-refractivity contribution in [2.24, 2.45) is 12.0 Å². The molecule has 13 nitrogen and oxygen atoms in total. The lowest BCUT2D eigenvalue weighted by Crippen LogP contribution is -2.42. The van der Waals surface area contributed by atoms with Crippen molar-refractivity contribution < 1.29 is 33.1 Å². The molecular formula is C37H31N7O6S. The monoisotopic (exact) mass is 701 g/mol. The topological polar surface area (TPSA) is 153 Å². The van der Waals surface area contributed by atoms with E-state index in [9.17, 15) is 14.7 Å². The Morgan fingerprint density at radius 1 is 1.02 bits per heavy atom. The van der Waals surface area contributed by atoms with E-state index in [2.05, 4.69) is 20.6 Å². The molecule has 1 unspecified atom stereocenters. The predicted molar refractivity (Wildman–Crippen MR) is 190 cm³/mol. The Balaban J connectivity index is 1.14. The fourth-order valence-corrected chi connectivity index (χ4v) is 6.07. The number of nitrogens with zero attached hydrogens (tertiary/aromatic N) is 6. The minimum absolute atomic E-state index is 0.0316. The number of aliphatic imine (C=N–C) groups is 1. The van der Waals surface area contributed by atoms with Crippen LogP contribution in [-0.2, 0) is 23.2 Å². The average Bonchev–Trinajstić information content (AvgIpc) is 3.80. The van der Waals surface area contributed by atoms with Crippen molar-refractivity contribution in [2.45, 2.75) is 25.9 Å². The number of rotatable bonds is 11. The Morgan fingerprint density at radius 3 is 2.47 bits per heavy atom. The van der Waals surface area contributed by atoms with Crippen molar-refractivity contribution in [3.05, 3.63) is 114 Å². The van der Waals surface area contributed by atoms with E-state index in [-0.39, 0.29) is 24.0 Å². The van der Waals surface area contributed by atoms with Crippen LogP contribution < -0.4 is 24.7 Å². The number of benzene rings is 4. The molecule has 51 heavy (non-hydrogen) atoms. The number of ether oxygens (including phenoxy) is 1. The lowest BCUT2D eigenvalue weighted by Gasteiger charge is -2.22. The number of hydrogen-bond acceptors (Lipinski definition) is 10. The zero-order chi connectivity index (χ0) is 35.5. The highest BCUT2D eigenvalue weighted by molar-refractivity contribution is 7.80. The molecule has 6 aromatic rings. The van der Waals surface area contributed by atoms with Gasteiger partial charge in [0, 0.05) is 11.3 Å². The number of amides is 2. The van der Waals surface area contributed by atoms with Gasteiger partial charge in [0.25, 0.3) is 11.6 Å². The lowest BCUT2D eigenvalue weighted by atomic mass is 10.1. The molecule has 1 saturated heterocycles. The number of hydrogen-bond donors (Lipinski definition) is 1. The first-order valence-electron chi connectivity index (χ1n) is 16.1. The predicted octanol–water partition coefficient (Wildman–Crippen LogP) is 4.68. The van der Waals surface area contributed by atoms with E-state index in [1.165, 1.54) is 9.58 Å². The van der Waals surface area contributed by atoms with E-state index in [4.69, 9.17) is 25.9 Å². The summed E-state index contributed by atoms with van der Waals surface area (Å²) in [6.45, 7) is 2.34. The summed E-state index contributed by atoms with van der Waals surface area (Å²) in [6, 6.07) is 29.0. The molecule has 0 saturated carbocycles. The molecule has 0 aliphatic carbocycles. The van der Waals surface area contributed by atoms with E-state index in [0.29, 0.717) is 46.5 Å². The number of thiocarbonyl (C=S) groups is 1. The number of anilines is 2. The van der Waals surface area contributed by atoms with E-state index >= 15 is 0 Å². The van der Waals surface area contributed by atoms with E-state index < -0.39 is 23.8 Å². The van der Waals surface area contributed by atoms with Gasteiger partial charge in [-0.15, -0.1) is 0 Å². The SMILES string of the molecule is CCOc1ccc(N2C(=O)C(CC(=O)Nc3ccc(-c4nc5ccccc5o4)cc3)N(Cc3c(/N=C(\[O-])c4ccccc4)on[n+]3C)C2=S)cc1. The third kappa shape index (κ3) is 6.89. The van der Waals surface area contributed by atoms with E-state index in [0.717, 1.165) is 11.1 Å². The van der Waals surface area contributed by atoms with Gasteiger partial charge in [-0.25, -0.2) is 9.98 Å². The van der Waals surface area contributed by atoms with Crippen LogP contribution in [0.2, 0.25) is 0 Å². The molecular weight excluding hydrogens is 671 g/mol. The molecule has 256 valence electrons. The van der Waals surface area contributed by atoms with Gasteiger partial charge in [-0.05, 0) is 95.9 Å². The van der Waals surface area contributed by atoms with Crippen LogP contribution in [0.1, 0.15) is 24.6 Å². The molecule has 7 rings (SSSR count). The van der Waals surface area contributed by atoms with Gasteiger partial charge in [-0.2, -0.15) is 0 Å². The number of carbonyl (C=O) groups excluding carboxylic acids is 2. The maximum Gasteiger partial charge on any atom is 0.325 e. The molecule has 2 amide bonds. The molecule has 0 radical (unpaired) electrons. The van der Waals surface area contributed by atoms with Crippen LogP contribution in [0.3, 0.4) is 0 Å². The average molecular weight is 702 g/mol. The Morgan fingerprint density at radius 2 is 1.75 bits per heavy atom. The first-order chi connectivity index (χ1) is 24.8. The summed E-state index contributed by atoms with van der Waals surface area (Å²) in [7, 11) is 1.63. The Kier molecular flexibility index (Phi) is 9.22. The molecule has 1 N–H and O–H groups in total. The van der Waals surface area contributed by atoms with Gasteiger partial charge in [-0.3, -0.25) is 19.0 Å². The molecule has 1 atom stereocenters.